The van der Waals surface area contributed by atoms with Crippen molar-refractivity contribution >= 4 is 24.2 Å². The van der Waals surface area contributed by atoms with E-state index in [2.05, 4.69) is 12.6 Å². The van der Waals surface area contributed by atoms with Crippen molar-refractivity contribution in [3.63, 3.8) is 0 Å². The third-order valence-electron chi connectivity index (χ3n) is 2.23. The molecule has 0 bridgehead atoms. The molecule has 0 atom stereocenters. The van der Waals surface area contributed by atoms with Crippen LogP contribution in [0.3, 0.4) is 0 Å². The first-order valence-corrected chi connectivity index (χ1v) is 6.16. The zero-order valence-electron chi connectivity index (χ0n) is 9.22. The summed E-state index contributed by atoms with van der Waals surface area (Å²) >= 11 is 10.2. The van der Waals surface area contributed by atoms with Gasteiger partial charge in [0.05, 0.1) is 6.61 Å². The summed E-state index contributed by atoms with van der Waals surface area (Å²) < 4.78 is 5.63. The van der Waals surface area contributed by atoms with Gasteiger partial charge in [-0.1, -0.05) is 11.6 Å². The molecule has 84 valence electrons. The lowest BCUT2D eigenvalue weighted by Crippen LogP contribution is -1.98. The molecule has 3 heteroatoms. The van der Waals surface area contributed by atoms with Gasteiger partial charge in [-0.2, -0.15) is 12.6 Å². The fraction of sp³-hybridized carbons (Fsp3) is 0.500. The highest BCUT2D eigenvalue weighted by atomic mass is 35.5. The lowest BCUT2D eigenvalue weighted by Gasteiger charge is -2.09. The van der Waals surface area contributed by atoms with Crippen molar-refractivity contribution in [1.82, 2.24) is 0 Å². The Morgan fingerprint density at radius 1 is 1.20 bits per heavy atom. The van der Waals surface area contributed by atoms with E-state index in [0.29, 0.717) is 0 Å². The molecule has 0 aliphatic rings. The molecule has 0 unspecified atom stereocenters. The second kappa shape index (κ2) is 6.29. The first-order valence-electron chi connectivity index (χ1n) is 5.15. The Hall–Kier alpha value is -0.340. The molecular weight excluding hydrogens is 228 g/mol. The van der Waals surface area contributed by atoms with Crippen LogP contribution in [0.5, 0.6) is 5.75 Å². The van der Waals surface area contributed by atoms with Crippen LogP contribution in [0.25, 0.3) is 0 Å². The molecule has 0 saturated carbocycles. The Morgan fingerprint density at radius 2 is 1.80 bits per heavy atom. The van der Waals surface area contributed by atoms with Gasteiger partial charge < -0.3 is 4.74 Å². The highest BCUT2D eigenvalue weighted by Gasteiger charge is 2.03. The zero-order valence-corrected chi connectivity index (χ0v) is 10.9. The molecule has 0 N–H and O–H groups in total. The van der Waals surface area contributed by atoms with Gasteiger partial charge in [0, 0.05) is 5.02 Å². The summed E-state index contributed by atoms with van der Waals surface area (Å²) in [6.45, 7) is 4.74. The number of hydrogen-bond donors (Lipinski definition) is 1. The number of hydrogen-bond acceptors (Lipinski definition) is 2. The summed E-state index contributed by atoms with van der Waals surface area (Å²) in [5, 5.41) is 0.831. The van der Waals surface area contributed by atoms with Gasteiger partial charge in [0.2, 0.25) is 0 Å². The minimum absolute atomic E-state index is 0.751. The maximum atomic E-state index is 6.07. The van der Waals surface area contributed by atoms with E-state index in [9.17, 15) is 0 Å². The number of halogens is 1. The molecule has 1 nitrogen and oxygen atoms in total. The van der Waals surface area contributed by atoms with Crippen molar-refractivity contribution in [3.8, 4) is 5.75 Å². The van der Waals surface area contributed by atoms with Crippen LogP contribution >= 0.6 is 24.2 Å². The van der Waals surface area contributed by atoms with Crippen molar-refractivity contribution in [1.29, 1.82) is 0 Å². The standard InChI is InChI=1S/C12H17ClOS/c1-9-7-11(8-10(2)12(9)13)14-5-3-4-6-15/h7-8,15H,3-6H2,1-2H3. The number of aryl methyl sites for hydroxylation is 2. The quantitative estimate of drug-likeness (QED) is 0.608. The molecule has 0 heterocycles. The maximum Gasteiger partial charge on any atom is 0.119 e. The van der Waals surface area contributed by atoms with Gasteiger partial charge in [-0.3, -0.25) is 0 Å². The molecule has 15 heavy (non-hydrogen) atoms. The Labute approximate surface area is 102 Å². The highest BCUT2D eigenvalue weighted by molar-refractivity contribution is 7.80. The SMILES string of the molecule is Cc1cc(OCCCCS)cc(C)c1Cl. The van der Waals surface area contributed by atoms with E-state index in [1.54, 1.807) is 0 Å². The molecule has 0 aliphatic heterocycles. The smallest absolute Gasteiger partial charge is 0.119 e. The normalized spacial score (nSPS) is 10.4. The van der Waals surface area contributed by atoms with Gasteiger partial charge in [-0.25, -0.2) is 0 Å². The van der Waals surface area contributed by atoms with Gasteiger partial charge >= 0.3 is 0 Å². The molecule has 0 spiro atoms. The number of ether oxygens (including phenoxy) is 1. The predicted octanol–water partition coefficient (Wildman–Crippen LogP) is 4.05. The monoisotopic (exact) mass is 244 g/mol. The van der Waals surface area contributed by atoms with Gasteiger partial charge in [0.25, 0.3) is 0 Å². The molecule has 0 aliphatic carbocycles. The van der Waals surface area contributed by atoms with E-state index in [1.165, 1.54) is 0 Å². The van der Waals surface area contributed by atoms with Crippen LogP contribution in [0, 0.1) is 13.8 Å². The Kier molecular flexibility index (Phi) is 5.34. The molecule has 0 saturated heterocycles. The number of benzene rings is 1. The third-order valence-corrected chi connectivity index (χ3v) is 3.14. The van der Waals surface area contributed by atoms with E-state index in [-0.39, 0.29) is 0 Å². The number of unbranched alkanes of at least 4 members (excludes halogenated alkanes) is 1. The lowest BCUT2D eigenvalue weighted by molar-refractivity contribution is 0.309. The van der Waals surface area contributed by atoms with E-state index < -0.39 is 0 Å². The molecule has 0 radical (unpaired) electrons. The van der Waals surface area contributed by atoms with E-state index in [0.717, 1.165) is 47.1 Å². The fourth-order valence-corrected chi connectivity index (χ4v) is 1.73. The zero-order chi connectivity index (χ0) is 11.3. The molecule has 1 aromatic rings. The van der Waals surface area contributed by atoms with Crippen molar-refractivity contribution in [2.24, 2.45) is 0 Å². The van der Waals surface area contributed by atoms with Gasteiger partial charge in [0.1, 0.15) is 5.75 Å². The molecule has 1 rings (SSSR count). The maximum absolute atomic E-state index is 6.07. The van der Waals surface area contributed by atoms with Crippen LogP contribution in [0.2, 0.25) is 5.02 Å². The topological polar surface area (TPSA) is 9.23 Å². The summed E-state index contributed by atoms with van der Waals surface area (Å²) in [6, 6.07) is 3.96. The summed E-state index contributed by atoms with van der Waals surface area (Å²) in [7, 11) is 0. The van der Waals surface area contributed by atoms with Crippen LogP contribution in [0.4, 0.5) is 0 Å². The van der Waals surface area contributed by atoms with Crippen molar-refractivity contribution < 1.29 is 4.74 Å². The molecule has 0 aromatic heterocycles. The largest absolute Gasteiger partial charge is 0.494 e. The van der Waals surface area contributed by atoms with Crippen LogP contribution in [-0.2, 0) is 0 Å². The summed E-state index contributed by atoms with van der Waals surface area (Å²) in [4.78, 5) is 0. The van der Waals surface area contributed by atoms with Gasteiger partial charge in [0.15, 0.2) is 0 Å². The Bertz CT molecular complexity index is 302. The average Bonchev–Trinajstić information content (AvgIpc) is 2.21. The second-order valence-electron chi connectivity index (χ2n) is 3.65. The molecule has 1 aromatic carbocycles. The van der Waals surface area contributed by atoms with Crippen molar-refractivity contribution in [3.05, 3.63) is 28.3 Å². The first-order chi connectivity index (χ1) is 7.15. The number of rotatable bonds is 5. The minimum Gasteiger partial charge on any atom is -0.494 e. The number of thiol groups is 1. The van der Waals surface area contributed by atoms with E-state index >= 15 is 0 Å². The molecular formula is C12H17ClOS. The van der Waals surface area contributed by atoms with Crippen LogP contribution in [-0.4, -0.2) is 12.4 Å². The summed E-state index contributed by atoms with van der Waals surface area (Å²) in [6.07, 6.45) is 2.14. The Morgan fingerprint density at radius 3 is 2.33 bits per heavy atom. The van der Waals surface area contributed by atoms with Crippen molar-refractivity contribution in [2.45, 2.75) is 26.7 Å². The van der Waals surface area contributed by atoms with E-state index in [4.69, 9.17) is 16.3 Å². The highest BCUT2D eigenvalue weighted by Crippen LogP contribution is 2.25. The third kappa shape index (κ3) is 3.96. The van der Waals surface area contributed by atoms with Crippen LogP contribution in [0.15, 0.2) is 12.1 Å². The first kappa shape index (κ1) is 12.7. The Balaban J connectivity index is 2.55. The van der Waals surface area contributed by atoms with Crippen LogP contribution in [0.1, 0.15) is 24.0 Å². The minimum atomic E-state index is 0.751. The molecule has 0 fully saturated rings. The summed E-state index contributed by atoms with van der Waals surface area (Å²) in [5.41, 5.74) is 2.14. The van der Waals surface area contributed by atoms with Gasteiger partial charge in [-0.05, 0) is 55.7 Å². The predicted molar refractivity (Wildman–Crippen MR) is 69.5 cm³/mol. The van der Waals surface area contributed by atoms with Gasteiger partial charge in [-0.15, -0.1) is 0 Å². The molecule has 0 amide bonds. The fourth-order valence-electron chi connectivity index (χ4n) is 1.39. The van der Waals surface area contributed by atoms with E-state index in [1.807, 2.05) is 26.0 Å². The summed E-state index contributed by atoms with van der Waals surface area (Å²) in [5.74, 6) is 1.83. The van der Waals surface area contributed by atoms with Crippen molar-refractivity contribution in [2.75, 3.05) is 12.4 Å². The average molecular weight is 245 g/mol. The van der Waals surface area contributed by atoms with Crippen LogP contribution < -0.4 is 4.74 Å². The lowest BCUT2D eigenvalue weighted by atomic mass is 10.1. The second-order valence-corrected chi connectivity index (χ2v) is 4.48.